The highest BCUT2D eigenvalue weighted by Gasteiger charge is 2.29. The quantitative estimate of drug-likeness (QED) is 0.833. The average molecular weight is 309 g/mol. The van der Waals surface area contributed by atoms with E-state index in [1.165, 1.54) is 19.3 Å². The Morgan fingerprint density at radius 1 is 1.29 bits per heavy atom. The number of amides is 1. The number of hydrogen-bond donors (Lipinski definition) is 2. The molecule has 1 aliphatic rings. The Balaban J connectivity index is 2.15. The van der Waals surface area contributed by atoms with Crippen LogP contribution in [0.3, 0.4) is 0 Å². The lowest BCUT2D eigenvalue weighted by molar-refractivity contribution is 0.0883. The minimum atomic E-state index is -0.0837. The molecule has 0 radical (unpaired) electrons. The summed E-state index contributed by atoms with van der Waals surface area (Å²) >= 11 is 6.06. The molecule has 3 nitrogen and oxygen atoms in total. The average Bonchev–Trinajstić information content (AvgIpc) is 2.46. The fraction of sp³-hybridized carbons (Fsp3) is 0.588. The van der Waals surface area contributed by atoms with Gasteiger partial charge in [0.2, 0.25) is 0 Å². The molecule has 2 rings (SSSR count). The van der Waals surface area contributed by atoms with Crippen LogP contribution in [0, 0.1) is 0 Å². The zero-order valence-electron chi connectivity index (χ0n) is 13.0. The van der Waals surface area contributed by atoms with Crippen LogP contribution in [0.5, 0.6) is 0 Å². The van der Waals surface area contributed by atoms with Gasteiger partial charge in [-0.05, 0) is 44.4 Å². The molecule has 1 aliphatic carbocycles. The number of halogens is 1. The van der Waals surface area contributed by atoms with Gasteiger partial charge in [-0.3, -0.25) is 4.79 Å². The number of anilines is 1. The predicted molar refractivity (Wildman–Crippen MR) is 89.2 cm³/mol. The van der Waals surface area contributed by atoms with Crippen molar-refractivity contribution < 1.29 is 4.79 Å². The maximum Gasteiger partial charge on any atom is 0.253 e. The van der Waals surface area contributed by atoms with Crippen molar-refractivity contribution in [3.05, 3.63) is 28.8 Å². The van der Waals surface area contributed by atoms with Gasteiger partial charge < -0.3 is 10.6 Å². The topological polar surface area (TPSA) is 41.1 Å². The maximum atomic E-state index is 12.6. The van der Waals surface area contributed by atoms with Crippen LogP contribution in [0.15, 0.2) is 18.2 Å². The molecule has 1 aromatic carbocycles. The normalized spacial score (nSPS) is 17.3. The number of carbonyl (C=O) groups is 1. The highest BCUT2D eigenvalue weighted by molar-refractivity contribution is 6.31. The lowest BCUT2D eigenvalue weighted by atomic mass is 9.83. The Morgan fingerprint density at radius 2 is 2.00 bits per heavy atom. The van der Waals surface area contributed by atoms with Gasteiger partial charge in [-0.1, -0.05) is 37.8 Å². The van der Waals surface area contributed by atoms with Crippen molar-refractivity contribution in [2.75, 3.05) is 11.9 Å². The van der Waals surface area contributed by atoms with Gasteiger partial charge in [0.15, 0.2) is 0 Å². The number of nitrogens with one attached hydrogen (secondary N) is 2. The molecular formula is C17H25ClN2O. The molecule has 0 unspecified atom stereocenters. The minimum absolute atomic E-state index is 0.0273. The summed E-state index contributed by atoms with van der Waals surface area (Å²) in [6.45, 7) is 5.10. The Hall–Kier alpha value is -1.22. The van der Waals surface area contributed by atoms with E-state index in [2.05, 4.69) is 24.5 Å². The van der Waals surface area contributed by atoms with Crippen molar-refractivity contribution >= 4 is 23.2 Å². The van der Waals surface area contributed by atoms with Crippen molar-refractivity contribution in [1.82, 2.24) is 5.32 Å². The van der Waals surface area contributed by atoms with Gasteiger partial charge in [0.05, 0.1) is 5.56 Å². The molecule has 116 valence electrons. The van der Waals surface area contributed by atoms with Crippen LogP contribution in [0.25, 0.3) is 0 Å². The third-order valence-electron chi connectivity index (χ3n) is 4.16. The summed E-state index contributed by atoms with van der Waals surface area (Å²) in [6.07, 6.45) is 6.77. The molecular weight excluding hydrogens is 284 g/mol. The Bertz CT molecular complexity index is 496. The van der Waals surface area contributed by atoms with Crippen LogP contribution in [0.4, 0.5) is 5.69 Å². The molecule has 0 saturated heterocycles. The molecule has 0 heterocycles. The van der Waals surface area contributed by atoms with Gasteiger partial charge in [0.25, 0.3) is 5.91 Å². The standard InChI is InChI=1S/C17H25ClN2O/c1-3-11-19-15-8-7-13(18)12-14(15)16(21)20-17(2)9-5-4-6-10-17/h7-8,12,19H,3-6,9-11H2,1-2H3,(H,20,21). The summed E-state index contributed by atoms with van der Waals surface area (Å²) in [5.74, 6) is -0.0273. The summed E-state index contributed by atoms with van der Waals surface area (Å²) < 4.78 is 0. The van der Waals surface area contributed by atoms with E-state index < -0.39 is 0 Å². The first-order valence-electron chi connectivity index (χ1n) is 7.90. The summed E-state index contributed by atoms with van der Waals surface area (Å²) in [7, 11) is 0. The highest BCUT2D eigenvalue weighted by Crippen LogP contribution is 2.29. The second kappa shape index (κ2) is 7.17. The number of rotatable bonds is 5. The zero-order valence-corrected chi connectivity index (χ0v) is 13.7. The molecule has 1 saturated carbocycles. The monoisotopic (exact) mass is 308 g/mol. The largest absolute Gasteiger partial charge is 0.384 e. The molecule has 1 aromatic rings. The first-order chi connectivity index (χ1) is 10.0. The third kappa shape index (κ3) is 4.37. The SMILES string of the molecule is CCCNc1ccc(Cl)cc1C(=O)NC1(C)CCCCC1. The van der Waals surface area contributed by atoms with Gasteiger partial charge in [0, 0.05) is 22.8 Å². The van der Waals surface area contributed by atoms with Gasteiger partial charge in [0.1, 0.15) is 0 Å². The van der Waals surface area contributed by atoms with E-state index in [4.69, 9.17) is 11.6 Å². The first kappa shape index (κ1) is 16.2. The summed E-state index contributed by atoms with van der Waals surface area (Å²) in [5, 5.41) is 7.11. The molecule has 1 fully saturated rings. The minimum Gasteiger partial charge on any atom is -0.384 e. The van der Waals surface area contributed by atoms with Gasteiger partial charge in [-0.25, -0.2) is 0 Å². The van der Waals surface area contributed by atoms with Crippen molar-refractivity contribution in [2.45, 2.75) is 57.9 Å². The molecule has 1 amide bonds. The smallest absolute Gasteiger partial charge is 0.253 e. The van der Waals surface area contributed by atoms with E-state index in [1.54, 1.807) is 6.07 Å². The van der Waals surface area contributed by atoms with E-state index in [0.29, 0.717) is 10.6 Å². The van der Waals surface area contributed by atoms with Crippen LogP contribution < -0.4 is 10.6 Å². The Labute approximate surface area is 132 Å². The molecule has 0 bridgehead atoms. The Morgan fingerprint density at radius 3 is 2.67 bits per heavy atom. The summed E-state index contributed by atoms with van der Waals surface area (Å²) in [4.78, 5) is 12.6. The number of hydrogen-bond acceptors (Lipinski definition) is 2. The molecule has 0 aromatic heterocycles. The van der Waals surface area contributed by atoms with Gasteiger partial charge in [-0.15, -0.1) is 0 Å². The molecule has 0 aliphatic heterocycles. The first-order valence-corrected chi connectivity index (χ1v) is 8.28. The van der Waals surface area contributed by atoms with Crippen molar-refractivity contribution in [2.24, 2.45) is 0 Å². The second-order valence-electron chi connectivity index (χ2n) is 6.19. The lowest BCUT2D eigenvalue weighted by Crippen LogP contribution is -2.47. The van der Waals surface area contributed by atoms with Crippen LogP contribution in [-0.2, 0) is 0 Å². The fourth-order valence-electron chi connectivity index (χ4n) is 2.92. The predicted octanol–water partition coefficient (Wildman–Crippen LogP) is 4.61. The molecule has 2 N–H and O–H groups in total. The van der Waals surface area contributed by atoms with E-state index in [-0.39, 0.29) is 11.4 Å². The number of carbonyl (C=O) groups excluding carboxylic acids is 1. The number of benzene rings is 1. The molecule has 21 heavy (non-hydrogen) atoms. The Kier molecular flexibility index (Phi) is 5.51. The molecule has 4 heteroatoms. The van der Waals surface area contributed by atoms with Gasteiger partial charge in [-0.2, -0.15) is 0 Å². The van der Waals surface area contributed by atoms with Crippen LogP contribution in [-0.4, -0.2) is 18.0 Å². The van der Waals surface area contributed by atoms with Crippen molar-refractivity contribution in [1.29, 1.82) is 0 Å². The fourth-order valence-corrected chi connectivity index (χ4v) is 3.09. The molecule has 0 spiro atoms. The van der Waals surface area contributed by atoms with E-state index in [1.807, 2.05) is 12.1 Å². The van der Waals surface area contributed by atoms with Crippen LogP contribution >= 0.6 is 11.6 Å². The van der Waals surface area contributed by atoms with Crippen LogP contribution in [0.1, 0.15) is 62.7 Å². The highest BCUT2D eigenvalue weighted by atomic mass is 35.5. The lowest BCUT2D eigenvalue weighted by Gasteiger charge is -2.34. The van der Waals surface area contributed by atoms with Crippen LogP contribution in [0.2, 0.25) is 5.02 Å². The van der Waals surface area contributed by atoms with Gasteiger partial charge >= 0.3 is 0 Å². The maximum absolute atomic E-state index is 12.6. The summed E-state index contributed by atoms with van der Waals surface area (Å²) in [6, 6.07) is 5.45. The third-order valence-corrected chi connectivity index (χ3v) is 4.40. The van der Waals surface area contributed by atoms with Crippen molar-refractivity contribution in [3.8, 4) is 0 Å². The molecule has 0 atom stereocenters. The second-order valence-corrected chi connectivity index (χ2v) is 6.63. The summed E-state index contributed by atoms with van der Waals surface area (Å²) in [5.41, 5.74) is 1.42. The zero-order chi connectivity index (χ0) is 15.3. The van der Waals surface area contributed by atoms with Crippen molar-refractivity contribution in [3.63, 3.8) is 0 Å². The van der Waals surface area contributed by atoms with E-state index in [9.17, 15) is 4.79 Å². The van der Waals surface area contributed by atoms with E-state index in [0.717, 1.165) is 31.5 Å². The van der Waals surface area contributed by atoms with E-state index >= 15 is 0 Å².